The zero-order valence-corrected chi connectivity index (χ0v) is 12.6. The van der Waals surface area contributed by atoms with Crippen molar-refractivity contribution in [1.82, 2.24) is 0 Å². The van der Waals surface area contributed by atoms with Crippen molar-refractivity contribution < 1.29 is 14.0 Å². The molecule has 108 valence electrons. The summed E-state index contributed by atoms with van der Waals surface area (Å²) in [6.07, 6.45) is 9.26. The maximum atomic E-state index is 5.64. The van der Waals surface area contributed by atoms with Crippen LogP contribution in [0.5, 0.6) is 0 Å². The van der Waals surface area contributed by atoms with Gasteiger partial charge in [-0.2, -0.15) is 0 Å². The Labute approximate surface area is 114 Å². The van der Waals surface area contributed by atoms with Crippen molar-refractivity contribution in [2.24, 2.45) is 0 Å². The van der Waals surface area contributed by atoms with Gasteiger partial charge in [-0.25, -0.2) is 0 Å². The second-order valence-corrected chi connectivity index (χ2v) is 4.67. The molecule has 18 heavy (non-hydrogen) atoms. The summed E-state index contributed by atoms with van der Waals surface area (Å²) in [5.41, 5.74) is 0. The van der Waals surface area contributed by atoms with Crippen LogP contribution in [-0.2, 0) is 14.0 Å². The number of unbranched alkanes of at least 4 members (excludes halogenated alkanes) is 5. The van der Waals surface area contributed by atoms with Crippen LogP contribution in [0.4, 0.5) is 0 Å². The van der Waals surface area contributed by atoms with Crippen molar-refractivity contribution in [3.05, 3.63) is 0 Å². The molecule has 0 saturated carbocycles. The standard InChI is InChI=1S/C14H31BO3/c1-4-7-10-11-14-18-15(16-12-8-5-2)17-13-9-6-3/h4-14H2,1-3H3. The Bertz CT molecular complexity index is 146. The fourth-order valence-corrected chi connectivity index (χ4v) is 1.50. The summed E-state index contributed by atoms with van der Waals surface area (Å²) >= 11 is 0. The van der Waals surface area contributed by atoms with Gasteiger partial charge < -0.3 is 14.0 Å². The van der Waals surface area contributed by atoms with Crippen LogP contribution >= 0.6 is 0 Å². The monoisotopic (exact) mass is 258 g/mol. The van der Waals surface area contributed by atoms with Gasteiger partial charge in [0.05, 0.1) is 0 Å². The summed E-state index contributed by atoms with van der Waals surface area (Å²) in [7, 11) is -0.454. The minimum Gasteiger partial charge on any atom is -0.386 e. The predicted molar refractivity (Wildman–Crippen MR) is 77.6 cm³/mol. The molecule has 0 aromatic heterocycles. The number of hydrogen-bond donors (Lipinski definition) is 0. The quantitative estimate of drug-likeness (QED) is 0.345. The van der Waals surface area contributed by atoms with Crippen molar-refractivity contribution in [3.63, 3.8) is 0 Å². The maximum Gasteiger partial charge on any atom is 0.639 e. The molecule has 0 amide bonds. The molecule has 0 radical (unpaired) electrons. The first-order valence-corrected chi connectivity index (χ1v) is 7.69. The fraction of sp³-hybridized carbons (Fsp3) is 1.00. The first-order chi connectivity index (χ1) is 8.85. The van der Waals surface area contributed by atoms with Crippen LogP contribution in [-0.4, -0.2) is 27.1 Å². The third-order valence-corrected chi connectivity index (χ3v) is 2.76. The third-order valence-electron chi connectivity index (χ3n) is 2.76. The van der Waals surface area contributed by atoms with Gasteiger partial charge in [0.2, 0.25) is 0 Å². The molecule has 0 unspecified atom stereocenters. The molecule has 0 N–H and O–H groups in total. The van der Waals surface area contributed by atoms with Gasteiger partial charge in [0.1, 0.15) is 0 Å². The van der Waals surface area contributed by atoms with E-state index in [-0.39, 0.29) is 0 Å². The van der Waals surface area contributed by atoms with Gasteiger partial charge in [0.15, 0.2) is 0 Å². The highest BCUT2D eigenvalue weighted by atomic mass is 16.7. The largest absolute Gasteiger partial charge is 0.639 e. The Kier molecular flexibility index (Phi) is 15.0. The Balaban J connectivity index is 3.60. The van der Waals surface area contributed by atoms with Crippen LogP contribution in [0, 0.1) is 0 Å². The molecule has 4 heteroatoms. The molecule has 0 fully saturated rings. The molecule has 0 bridgehead atoms. The van der Waals surface area contributed by atoms with Crippen molar-refractivity contribution in [2.45, 2.75) is 72.1 Å². The number of rotatable bonds is 14. The van der Waals surface area contributed by atoms with Gasteiger partial charge in [-0.05, 0) is 19.3 Å². The summed E-state index contributed by atoms with van der Waals surface area (Å²) in [5, 5.41) is 0. The lowest BCUT2D eigenvalue weighted by molar-refractivity contribution is 0.0895. The lowest BCUT2D eigenvalue weighted by atomic mass is 10.2. The van der Waals surface area contributed by atoms with E-state index in [4.69, 9.17) is 14.0 Å². The van der Waals surface area contributed by atoms with Crippen molar-refractivity contribution in [3.8, 4) is 0 Å². The van der Waals surface area contributed by atoms with Crippen LogP contribution in [0.25, 0.3) is 0 Å². The zero-order chi connectivity index (χ0) is 13.5. The second-order valence-electron chi connectivity index (χ2n) is 4.67. The molecule has 0 heterocycles. The zero-order valence-electron chi connectivity index (χ0n) is 12.6. The van der Waals surface area contributed by atoms with E-state index >= 15 is 0 Å². The van der Waals surface area contributed by atoms with Crippen LogP contribution in [0.2, 0.25) is 0 Å². The van der Waals surface area contributed by atoms with Gasteiger partial charge in [0.25, 0.3) is 0 Å². The summed E-state index contributed by atoms with van der Waals surface area (Å²) in [4.78, 5) is 0. The first kappa shape index (κ1) is 17.9. The van der Waals surface area contributed by atoms with Crippen LogP contribution in [0.1, 0.15) is 72.1 Å². The average molecular weight is 258 g/mol. The Morgan fingerprint density at radius 1 is 0.556 bits per heavy atom. The highest BCUT2D eigenvalue weighted by Crippen LogP contribution is 2.03. The minimum atomic E-state index is -0.454. The molecule has 0 aromatic rings. The van der Waals surface area contributed by atoms with Gasteiger partial charge in [-0.1, -0.05) is 52.9 Å². The normalized spacial score (nSPS) is 10.8. The maximum absolute atomic E-state index is 5.64. The lowest BCUT2D eigenvalue weighted by Crippen LogP contribution is -2.28. The van der Waals surface area contributed by atoms with E-state index in [0.717, 1.165) is 51.9 Å². The van der Waals surface area contributed by atoms with Gasteiger partial charge in [-0.15, -0.1) is 0 Å². The van der Waals surface area contributed by atoms with Crippen molar-refractivity contribution >= 4 is 7.32 Å². The smallest absolute Gasteiger partial charge is 0.386 e. The van der Waals surface area contributed by atoms with Gasteiger partial charge >= 0.3 is 7.32 Å². The molecule has 3 nitrogen and oxygen atoms in total. The Morgan fingerprint density at radius 3 is 1.44 bits per heavy atom. The predicted octanol–water partition coefficient (Wildman–Crippen LogP) is 4.20. The Hall–Kier alpha value is -0.0551. The molecule has 0 atom stereocenters. The molecule has 0 rings (SSSR count). The summed E-state index contributed by atoms with van der Waals surface area (Å²) in [5.74, 6) is 0. The van der Waals surface area contributed by atoms with E-state index in [9.17, 15) is 0 Å². The third kappa shape index (κ3) is 12.4. The van der Waals surface area contributed by atoms with E-state index in [1.54, 1.807) is 0 Å². The summed E-state index contributed by atoms with van der Waals surface area (Å²) in [6.45, 7) is 8.71. The summed E-state index contributed by atoms with van der Waals surface area (Å²) in [6, 6.07) is 0. The molecule has 0 spiro atoms. The second kappa shape index (κ2) is 15.0. The van der Waals surface area contributed by atoms with Crippen molar-refractivity contribution in [1.29, 1.82) is 0 Å². The molecule has 0 saturated heterocycles. The number of hydrogen-bond acceptors (Lipinski definition) is 3. The minimum absolute atomic E-state index is 0.454. The average Bonchev–Trinajstić information content (AvgIpc) is 2.38. The van der Waals surface area contributed by atoms with Crippen LogP contribution in [0.3, 0.4) is 0 Å². The highest BCUT2D eigenvalue weighted by Gasteiger charge is 2.20. The Morgan fingerprint density at radius 2 is 1.00 bits per heavy atom. The highest BCUT2D eigenvalue weighted by molar-refractivity contribution is 6.36. The molecule has 0 aliphatic rings. The first-order valence-electron chi connectivity index (χ1n) is 7.69. The SMILES string of the molecule is CCCCCCOB(OCCCC)OCCCC. The molecule has 0 aliphatic carbocycles. The van der Waals surface area contributed by atoms with E-state index < -0.39 is 7.32 Å². The molecule has 0 aliphatic heterocycles. The summed E-state index contributed by atoms with van der Waals surface area (Å²) < 4.78 is 16.8. The molecule has 0 aromatic carbocycles. The van der Waals surface area contributed by atoms with Gasteiger partial charge in [0, 0.05) is 19.8 Å². The fourth-order valence-electron chi connectivity index (χ4n) is 1.50. The van der Waals surface area contributed by atoms with Gasteiger partial charge in [-0.3, -0.25) is 0 Å². The van der Waals surface area contributed by atoms with E-state index in [1.807, 2.05) is 0 Å². The van der Waals surface area contributed by atoms with E-state index in [2.05, 4.69) is 20.8 Å². The van der Waals surface area contributed by atoms with Crippen LogP contribution < -0.4 is 0 Å². The van der Waals surface area contributed by atoms with E-state index in [1.165, 1.54) is 19.3 Å². The van der Waals surface area contributed by atoms with E-state index in [0.29, 0.717) is 0 Å². The lowest BCUT2D eigenvalue weighted by Gasteiger charge is -2.14. The molecular weight excluding hydrogens is 227 g/mol. The topological polar surface area (TPSA) is 27.7 Å². The molecular formula is C14H31BO3. The van der Waals surface area contributed by atoms with Crippen molar-refractivity contribution in [2.75, 3.05) is 19.8 Å². The van der Waals surface area contributed by atoms with Crippen LogP contribution in [0.15, 0.2) is 0 Å².